The molecule has 2 heterocycles. The number of hydrogen-bond donors (Lipinski definition) is 2. The summed E-state index contributed by atoms with van der Waals surface area (Å²) in [5, 5.41) is 24.8. The molecule has 2 N–H and O–H groups in total. The van der Waals surface area contributed by atoms with Gasteiger partial charge in [-0.3, -0.25) is 14.9 Å². The van der Waals surface area contributed by atoms with Crippen LogP contribution in [0.4, 0.5) is 11.4 Å². The molecule has 2 aromatic heterocycles. The molecule has 0 spiro atoms. The van der Waals surface area contributed by atoms with E-state index >= 15 is 0 Å². The number of aryl methyl sites for hydroxylation is 1. The molecule has 0 aliphatic carbocycles. The van der Waals surface area contributed by atoms with E-state index in [9.17, 15) is 20.0 Å². The number of thiophene rings is 1. The number of non-ortho nitro benzene ring substituents is 1. The van der Waals surface area contributed by atoms with Crippen LogP contribution >= 0.6 is 23.1 Å². The zero-order valence-electron chi connectivity index (χ0n) is 13.6. The van der Waals surface area contributed by atoms with Crippen molar-refractivity contribution in [1.29, 1.82) is 0 Å². The van der Waals surface area contributed by atoms with E-state index in [4.69, 9.17) is 0 Å². The number of phenolic OH excluding ortho intramolecular Hbond substituents is 1. The minimum absolute atomic E-state index is 0.0204. The van der Waals surface area contributed by atoms with E-state index in [-0.39, 0.29) is 29.5 Å². The zero-order chi connectivity index (χ0) is 18.7. The molecule has 0 atom stereocenters. The van der Waals surface area contributed by atoms with Crippen LogP contribution in [0.5, 0.6) is 5.75 Å². The average molecular weight is 390 g/mol. The van der Waals surface area contributed by atoms with Gasteiger partial charge in [-0.15, -0.1) is 23.1 Å². The number of nitrogens with one attached hydrogen (secondary N) is 1. The summed E-state index contributed by atoms with van der Waals surface area (Å²) in [5.41, 5.74) is -0.184. The molecule has 0 saturated carbocycles. The summed E-state index contributed by atoms with van der Waals surface area (Å²) in [5.74, 6) is -0.0920. The van der Waals surface area contributed by atoms with E-state index in [0.717, 1.165) is 26.2 Å². The van der Waals surface area contributed by atoms with Crippen LogP contribution in [0.1, 0.15) is 11.3 Å². The zero-order valence-corrected chi connectivity index (χ0v) is 15.3. The maximum atomic E-state index is 12.1. The highest BCUT2D eigenvalue weighted by atomic mass is 32.2. The lowest BCUT2D eigenvalue weighted by atomic mass is 10.2. The number of fused-ring (bicyclic) bond motifs is 1. The number of rotatable bonds is 6. The van der Waals surface area contributed by atoms with E-state index in [2.05, 4.69) is 15.3 Å². The molecule has 0 saturated heterocycles. The Labute approximate surface area is 156 Å². The quantitative estimate of drug-likeness (QED) is 0.216. The average Bonchev–Trinajstić information content (AvgIpc) is 2.97. The van der Waals surface area contributed by atoms with Gasteiger partial charge in [0.25, 0.3) is 5.69 Å². The van der Waals surface area contributed by atoms with Gasteiger partial charge in [0.1, 0.15) is 21.9 Å². The fourth-order valence-electron chi connectivity index (χ4n) is 2.26. The number of benzene rings is 1. The third-order valence-corrected chi connectivity index (χ3v) is 5.41. The van der Waals surface area contributed by atoms with Crippen LogP contribution in [-0.2, 0) is 4.79 Å². The number of thioether (sulfide) groups is 1. The van der Waals surface area contributed by atoms with Gasteiger partial charge in [-0.2, -0.15) is 0 Å². The van der Waals surface area contributed by atoms with E-state index in [1.807, 2.05) is 13.0 Å². The van der Waals surface area contributed by atoms with Gasteiger partial charge in [-0.05, 0) is 19.1 Å². The molecule has 1 aromatic carbocycles. The lowest BCUT2D eigenvalue weighted by Gasteiger charge is -2.07. The minimum atomic E-state index is -0.589. The number of nitro groups is 1. The van der Waals surface area contributed by atoms with Crippen LogP contribution in [0.3, 0.4) is 0 Å². The highest BCUT2D eigenvalue weighted by Gasteiger charge is 2.13. The van der Waals surface area contributed by atoms with Crippen molar-refractivity contribution in [3.63, 3.8) is 0 Å². The lowest BCUT2D eigenvalue weighted by Crippen LogP contribution is -2.12. The topological polar surface area (TPSA) is 118 Å². The lowest BCUT2D eigenvalue weighted by molar-refractivity contribution is -0.384. The SMILES string of the molecule is Cc1cc2c(SCCC(=O)Nc3cc([N+](=O)[O-])ccc3O)ncnc2s1. The van der Waals surface area contributed by atoms with Gasteiger partial charge in [0.15, 0.2) is 0 Å². The Bertz CT molecular complexity index is 990. The summed E-state index contributed by atoms with van der Waals surface area (Å²) in [6.07, 6.45) is 1.67. The first-order chi connectivity index (χ1) is 12.4. The van der Waals surface area contributed by atoms with E-state index in [1.54, 1.807) is 11.3 Å². The van der Waals surface area contributed by atoms with Gasteiger partial charge in [0.05, 0.1) is 10.6 Å². The van der Waals surface area contributed by atoms with Crippen LogP contribution in [-0.4, -0.2) is 31.7 Å². The fraction of sp³-hybridized carbons (Fsp3) is 0.188. The van der Waals surface area contributed by atoms with Gasteiger partial charge in [0.2, 0.25) is 5.91 Å². The van der Waals surface area contributed by atoms with Crippen molar-refractivity contribution in [2.45, 2.75) is 18.4 Å². The van der Waals surface area contributed by atoms with E-state index < -0.39 is 4.92 Å². The first-order valence-electron chi connectivity index (χ1n) is 7.55. The summed E-state index contributed by atoms with van der Waals surface area (Å²) in [4.78, 5) is 32.8. The molecule has 0 aliphatic rings. The number of aromatic hydroxyl groups is 1. The summed E-state index contributed by atoms with van der Waals surface area (Å²) >= 11 is 3.02. The molecule has 0 unspecified atom stereocenters. The number of phenols is 1. The fourth-order valence-corrected chi connectivity index (χ4v) is 4.09. The third-order valence-electron chi connectivity index (χ3n) is 3.45. The van der Waals surface area contributed by atoms with Crippen LogP contribution in [0.2, 0.25) is 0 Å². The summed E-state index contributed by atoms with van der Waals surface area (Å²) in [6.45, 7) is 2.00. The predicted octanol–water partition coefficient (Wildman–Crippen LogP) is 3.73. The van der Waals surface area contributed by atoms with E-state index in [1.165, 1.54) is 30.2 Å². The van der Waals surface area contributed by atoms with Crippen molar-refractivity contribution in [2.24, 2.45) is 0 Å². The molecular weight excluding hydrogens is 376 g/mol. The normalized spacial score (nSPS) is 10.8. The molecular formula is C16H14N4O4S2. The van der Waals surface area contributed by atoms with Crippen molar-refractivity contribution in [3.05, 3.63) is 45.6 Å². The number of anilines is 1. The van der Waals surface area contributed by atoms with Gasteiger partial charge in [-0.1, -0.05) is 0 Å². The van der Waals surface area contributed by atoms with Gasteiger partial charge in [-0.25, -0.2) is 9.97 Å². The number of aromatic nitrogens is 2. The first kappa shape index (κ1) is 18.1. The number of amides is 1. The molecule has 10 heteroatoms. The van der Waals surface area contributed by atoms with E-state index in [0.29, 0.717) is 5.75 Å². The molecule has 1 amide bonds. The minimum Gasteiger partial charge on any atom is -0.506 e. The number of nitrogens with zero attached hydrogens (tertiary/aromatic N) is 3. The van der Waals surface area contributed by atoms with Crippen LogP contribution < -0.4 is 5.32 Å². The van der Waals surface area contributed by atoms with Crippen LogP contribution in [0.15, 0.2) is 35.6 Å². The van der Waals surface area contributed by atoms with Gasteiger partial charge < -0.3 is 10.4 Å². The Kier molecular flexibility index (Phi) is 5.33. The standard InChI is InChI=1S/C16H14N4O4S2/c1-9-6-11-15(17-8-18-16(11)26-9)25-5-4-14(22)19-12-7-10(20(23)24)2-3-13(12)21/h2-3,6-8,21H,4-5H2,1H3,(H,19,22). The highest BCUT2D eigenvalue weighted by Crippen LogP contribution is 2.31. The molecule has 0 radical (unpaired) electrons. The molecule has 134 valence electrons. The number of nitro benzene ring substituents is 1. The molecule has 0 bridgehead atoms. The maximum absolute atomic E-state index is 12.1. The summed E-state index contributed by atoms with van der Waals surface area (Å²) in [7, 11) is 0. The number of carbonyl (C=O) groups excluding carboxylic acids is 1. The molecule has 8 nitrogen and oxygen atoms in total. The maximum Gasteiger partial charge on any atom is 0.271 e. The van der Waals surface area contributed by atoms with Crippen LogP contribution in [0, 0.1) is 17.0 Å². The molecule has 3 aromatic rings. The number of carbonyl (C=O) groups is 1. The number of hydrogen-bond acceptors (Lipinski definition) is 8. The van der Waals surface area contributed by atoms with Crippen molar-refractivity contribution in [2.75, 3.05) is 11.1 Å². The van der Waals surface area contributed by atoms with Gasteiger partial charge in [0, 0.05) is 34.6 Å². The van der Waals surface area contributed by atoms with Crippen molar-refractivity contribution in [3.8, 4) is 5.75 Å². The predicted molar refractivity (Wildman–Crippen MR) is 101 cm³/mol. The second kappa shape index (κ2) is 7.67. The Morgan fingerprint density at radius 1 is 1.38 bits per heavy atom. The molecule has 26 heavy (non-hydrogen) atoms. The van der Waals surface area contributed by atoms with Crippen molar-refractivity contribution < 1.29 is 14.8 Å². The first-order valence-corrected chi connectivity index (χ1v) is 9.35. The molecule has 0 fully saturated rings. The Morgan fingerprint density at radius 3 is 2.96 bits per heavy atom. The van der Waals surface area contributed by atoms with Gasteiger partial charge >= 0.3 is 0 Å². The molecule has 3 rings (SSSR count). The second-order valence-electron chi connectivity index (χ2n) is 5.36. The third kappa shape index (κ3) is 4.09. The Balaban J connectivity index is 1.61. The summed E-state index contributed by atoms with van der Waals surface area (Å²) < 4.78 is 0. The second-order valence-corrected chi connectivity index (χ2v) is 7.68. The largest absolute Gasteiger partial charge is 0.506 e. The molecule has 0 aliphatic heterocycles. The van der Waals surface area contributed by atoms with Crippen molar-refractivity contribution >= 4 is 50.6 Å². The highest BCUT2D eigenvalue weighted by molar-refractivity contribution is 7.99. The van der Waals surface area contributed by atoms with Crippen LogP contribution in [0.25, 0.3) is 10.2 Å². The Hall–Kier alpha value is -2.72. The Morgan fingerprint density at radius 2 is 2.19 bits per heavy atom. The summed E-state index contributed by atoms with van der Waals surface area (Å²) in [6, 6.07) is 5.50. The monoisotopic (exact) mass is 390 g/mol. The smallest absolute Gasteiger partial charge is 0.271 e. The van der Waals surface area contributed by atoms with Crippen molar-refractivity contribution in [1.82, 2.24) is 9.97 Å².